The maximum absolute atomic E-state index is 4.49. The van der Waals surface area contributed by atoms with Crippen LogP contribution in [0.5, 0.6) is 0 Å². The number of aromatic nitrogens is 4. The van der Waals surface area contributed by atoms with E-state index in [9.17, 15) is 0 Å². The van der Waals surface area contributed by atoms with Gasteiger partial charge in [-0.05, 0) is 30.2 Å². The Balaban J connectivity index is 1.76. The zero-order chi connectivity index (χ0) is 16.8. The summed E-state index contributed by atoms with van der Waals surface area (Å²) >= 11 is 1.54. The molecule has 2 aromatic heterocycles. The fourth-order valence-electron chi connectivity index (χ4n) is 2.40. The molecule has 4 nitrogen and oxygen atoms in total. The Morgan fingerprint density at radius 2 is 1.42 bits per heavy atom. The summed E-state index contributed by atoms with van der Waals surface area (Å²) in [7, 11) is 0. The standard InChI is InChI=1S/C19H20N4S/c1-3-4-5-14-10-20-18(21-11-14)16-8-6-15(7-9-16)17-12-22-19(24-2)23-13-17/h6-13H,3-5H2,1-2H3. The Morgan fingerprint density at radius 1 is 0.792 bits per heavy atom. The highest BCUT2D eigenvalue weighted by Crippen LogP contribution is 2.23. The number of thioether (sulfide) groups is 1. The summed E-state index contributed by atoms with van der Waals surface area (Å²) in [5.41, 5.74) is 4.31. The number of unbranched alkanes of at least 4 members (excludes halogenated alkanes) is 1. The number of rotatable bonds is 6. The lowest BCUT2D eigenvalue weighted by Gasteiger charge is -2.05. The number of aryl methyl sites for hydroxylation is 1. The maximum Gasteiger partial charge on any atom is 0.187 e. The van der Waals surface area contributed by atoms with E-state index in [2.05, 4.69) is 39.0 Å². The van der Waals surface area contributed by atoms with Gasteiger partial charge in [0.1, 0.15) is 0 Å². The molecule has 0 bridgehead atoms. The fraction of sp³-hybridized carbons (Fsp3) is 0.263. The van der Waals surface area contributed by atoms with Gasteiger partial charge in [-0.1, -0.05) is 49.4 Å². The van der Waals surface area contributed by atoms with Gasteiger partial charge in [0.15, 0.2) is 11.0 Å². The van der Waals surface area contributed by atoms with Crippen LogP contribution in [-0.4, -0.2) is 26.2 Å². The van der Waals surface area contributed by atoms with E-state index in [1.807, 2.05) is 43.2 Å². The summed E-state index contributed by atoms with van der Waals surface area (Å²) < 4.78 is 0. The molecule has 5 heteroatoms. The lowest BCUT2D eigenvalue weighted by molar-refractivity contribution is 0.788. The van der Waals surface area contributed by atoms with Gasteiger partial charge < -0.3 is 0 Å². The van der Waals surface area contributed by atoms with Gasteiger partial charge in [-0.15, -0.1) is 0 Å². The van der Waals surface area contributed by atoms with Crippen LogP contribution in [-0.2, 0) is 6.42 Å². The van der Waals surface area contributed by atoms with Crippen LogP contribution >= 0.6 is 11.8 Å². The smallest absolute Gasteiger partial charge is 0.187 e. The van der Waals surface area contributed by atoms with Crippen molar-refractivity contribution >= 4 is 11.8 Å². The molecule has 0 radical (unpaired) electrons. The number of hydrogen-bond acceptors (Lipinski definition) is 5. The largest absolute Gasteiger partial charge is 0.236 e. The lowest BCUT2D eigenvalue weighted by Crippen LogP contribution is -1.93. The Labute approximate surface area is 146 Å². The summed E-state index contributed by atoms with van der Waals surface area (Å²) in [5, 5.41) is 0.784. The van der Waals surface area contributed by atoms with Gasteiger partial charge in [-0.2, -0.15) is 0 Å². The molecule has 3 aromatic rings. The molecule has 122 valence electrons. The van der Waals surface area contributed by atoms with Gasteiger partial charge in [-0.25, -0.2) is 19.9 Å². The summed E-state index contributed by atoms with van der Waals surface area (Å²) in [4.78, 5) is 17.6. The third-order valence-electron chi connectivity index (χ3n) is 3.81. The van der Waals surface area contributed by atoms with Crippen molar-refractivity contribution in [1.29, 1.82) is 0 Å². The topological polar surface area (TPSA) is 51.6 Å². The van der Waals surface area contributed by atoms with Gasteiger partial charge in [0.25, 0.3) is 0 Å². The summed E-state index contributed by atoms with van der Waals surface area (Å²) in [6.07, 6.45) is 12.9. The summed E-state index contributed by atoms with van der Waals surface area (Å²) in [6, 6.07) is 8.19. The van der Waals surface area contributed by atoms with Crippen LogP contribution in [0, 0.1) is 0 Å². The average Bonchev–Trinajstić information content (AvgIpc) is 2.67. The summed E-state index contributed by atoms with van der Waals surface area (Å²) in [5.74, 6) is 0.760. The first-order valence-corrected chi connectivity index (χ1v) is 9.30. The minimum absolute atomic E-state index is 0.760. The SMILES string of the molecule is CCCCc1cnc(-c2ccc(-c3cnc(SC)nc3)cc2)nc1. The zero-order valence-electron chi connectivity index (χ0n) is 13.9. The minimum Gasteiger partial charge on any atom is -0.236 e. The highest BCUT2D eigenvalue weighted by Gasteiger charge is 2.04. The molecule has 3 rings (SSSR count). The second-order valence-corrected chi connectivity index (χ2v) is 6.33. The predicted octanol–water partition coefficient (Wildman–Crippen LogP) is 4.67. The van der Waals surface area contributed by atoms with Crippen LogP contribution in [0.25, 0.3) is 22.5 Å². The maximum atomic E-state index is 4.49. The lowest BCUT2D eigenvalue weighted by atomic mass is 10.1. The molecule has 0 saturated carbocycles. The molecule has 0 spiro atoms. The number of hydrogen-bond donors (Lipinski definition) is 0. The quantitative estimate of drug-likeness (QED) is 0.484. The van der Waals surface area contributed by atoms with Crippen molar-refractivity contribution in [2.75, 3.05) is 6.26 Å². The molecule has 0 aliphatic rings. The van der Waals surface area contributed by atoms with Crippen molar-refractivity contribution in [2.24, 2.45) is 0 Å². The molecule has 1 aromatic carbocycles. The average molecular weight is 336 g/mol. The molecule has 0 saturated heterocycles. The van der Waals surface area contributed by atoms with E-state index < -0.39 is 0 Å². The number of nitrogens with zero attached hydrogens (tertiary/aromatic N) is 4. The first kappa shape index (κ1) is 16.6. The van der Waals surface area contributed by atoms with E-state index in [1.54, 1.807) is 0 Å². The molecule has 0 fully saturated rings. The predicted molar refractivity (Wildman–Crippen MR) is 98.9 cm³/mol. The van der Waals surface area contributed by atoms with E-state index >= 15 is 0 Å². The third-order valence-corrected chi connectivity index (χ3v) is 4.39. The summed E-state index contributed by atoms with van der Waals surface area (Å²) in [6.45, 7) is 2.19. The molecule has 0 aliphatic heterocycles. The van der Waals surface area contributed by atoms with E-state index in [4.69, 9.17) is 0 Å². The highest BCUT2D eigenvalue weighted by molar-refractivity contribution is 7.98. The molecule has 0 unspecified atom stereocenters. The van der Waals surface area contributed by atoms with Crippen molar-refractivity contribution in [3.8, 4) is 22.5 Å². The first-order chi connectivity index (χ1) is 11.8. The van der Waals surface area contributed by atoms with Crippen LogP contribution in [0.15, 0.2) is 54.2 Å². The van der Waals surface area contributed by atoms with Gasteiger partial charge in [0.05, 0.1) is 0 Å². The molecule has 0 N–H and O–H groups in total. The van der Waals surface area contributed by atoms with Gasteiger partial charge in [-0.3, -0.25) is 0 Å². The Kier molecular flexibility index (Phi) is 5.54. The van der Waals surface area contributed by atoms with Gasteiger partial charge in [0.2, 0.25) is 0 Å². The molecule has 0 amide bonds. The van der Waals surface area contributed by atoms with E-state index in [-0.39, 0.29) is 0 Å². The van der Waals surface area contributed by atoms with Crippen LogP contribution in [0.1, 0.15) is 25.3 Å². The zero-order valence-corrected chi connectivity index (χ0v) is 14.8. The molecule has 2 heterocycles. The number of benzene rings is 1. The minimum atomic E-state index is 0.760. The fourth-order valence-corrected chi connectivity index (χ4v) is 2.71. The van der Waals surface area contributed by atoms with Crippen LogP contribution in [0.2, 0.25) is 0 Å². The normalized spacial score (nSPS) is 10.8. The second kappa shape index (κ2) is 8.02. The van der Waals surface area contributed by atoms with Gasteiger partial charge in [0, 0.05) is 35.9 Å². The Bertz CT molecular complexity index is 768. The molecular formula is C19H20N4S. The van der Waals surface area contributed by atoms with Crippen LogP contribution in [0.3, 0.4) is 0 Å². The van der Waals surface area contributed by atoms with Gasteiger partial charge >= 0.3 is 0 Å². The Hall–Kier alpha value is -2.27. The van der Waals surface area contributed by atoms with Crippen molar-refractivity contribution in [1.82, 2.24) is 19.9 Å². The molecule has 0 atom stereocenters. The molecule has 24 heavy (non-hydrogen) atoms. The molecular weight excluding hydrogens is 316 g/mol. The van der Waals surface area contributed by atoms with E-state index in [0.717, 1.165) is 34.1 Å². The van der Waals surface area contributed by atoms with Crippen molar-refractivity contribution < 1.29 is 0 Å². The highest BCUT2D eigenvalue weighted by atomic mass is 32.2. The van der Waals surface area contributed by atoms with Crippen molar-refractivity contribution in [3.05, 3.63) is 54.6 Å². The van der Waals surface area contributed by atoms with E-state index in [1.165, 1.54) is 30.2 Å². The second-order valence-electron chi connectivity index (χ2n) is 5.55. The van der Waals surface area contributed by atoms with Crippen molar-refractivity contribution in [3.63, 3.8) is 0 Å². The van der Waals surface area contributed by atoms with Crippen LogP contribution < -0.4 is 0 Å². The third kappa shape index (κ3) is 3.97. The molecule has 0 aliphatic carbocycles. The van der Waals surface area contributed by atoms with E-state index in [0.29, 0.717) is 0 Å². The Morgan fingerprint density at radius 3 is 2.00 bits per heavy atom. The van der Waals surface area contributed by atoms with Crippen LogP contribution in [0.4, 0.5) is 0 Å². The van der Waals surface area contributed by atoms with Crippen molar-refractivity contribution in [2.45, 2.75) is 31.3 Å². The monoisotopic (exact) mass is 336 g/mol. The first-order valence-electron chi connectivity index (χ1n) is 8.08.